The van der Waals surface area contributed by atoms with Gasteiger partial charge in [0, 0.05) is 2.74 Å². The standard InChI is InChI=1S/3C21H16.3C2H6.2CH4/c3*1-15-17-11-5-7-13-19(17)21(16-9-3-2-4-10-16)20-14-8-6-12-18(15)20;3*1-2;;/h3*2-14H,1H3;3*1-2H3;2*1H4/i;;;;;;2*1D. The molecule has 0 heterocycles. The molecular formula is C71H74. The van der Waals surface area contributed by atoms with Crippen LogP contribution in [0.1, 0.15) is 75.8 Å². The van der Waals surface area contributed by atoms with E-state index in [2.05, 4.69) is 257 Å². The molecule has 0 saturated heterocycles. The third-order valence-electron chi connectivity index (χ3n) is 12.8. The van der Waals surface area contributed by atoms with E-state index < -0.39 is 0 Å². The molecular weight excluding hydrogens is 853 g/mol. The average Bonchev–Trinajstić information content (AvgIpc) is 3.49. The van der Waals surface area contributed by atoms with Crippen LogP contribution in [0.5, 0.6) is 0 Å². The minimum absolute atomic E-state index is 1.25. The SMILES string of the molecule is CC.CC.CC.Cc1c2ccccc2c(-c2ccccc2)c2ccccc12.Cc1c2ccccc2c(-c2ccccc2)c2ccccc12.Cc1c2ccccc2c(-c2ccccc2)c2ccccc12.[2H]C.[2H]C. The molecule has 0 N–H and O–H groups in total. The summed E-state index contributed by atoms with van der Waals surface area (Å²) >= 11 is 0. The van der Waals surface area contributed by atoms with Crippen molar-refractivity contribution in [3.8, 4) is 33.4 Å². The molecule has 0 amide bonds. The van der Waals surface area contributed by atoms with Crippen molar-refractivity contribution in [1.82, 2.24) is 0 Å². The van der Waals surface area contributed by atoms with Crippen LogP contribution in [0.2, 0.25) is 0 Å². The second kappa shape index (κ2) is 26.3. The zero-order valence-corrected chi connectivity index (χ0v) is 44.0. The van der Waals surface area contributed by atoms with Gasteiger partial charge in [0.2, 0.25) is 0 Å². The summed E-state index contributed by atoms with van der Waals surface area (Å²) in [7, 11) is 2.50. The van der Waals surface area contributed by atoms with E-state index in [1.54, 1.807) is 0 Å². The summed E-state index contributed by atoms with van der Waals surface area (Å²) < 4.78 is 11.5. The first-order valence-corrected chi connectivity index (χ1v) is 24.9. The molecule has 12 aromatic rings. The van der Waals surface area contributed by atoms with Gasteiger partial charge in [0.15, 0.2) is 0 Å². The number of benzene rings is 12. The maximum atomic E-state index is 5.75. The summed E-state index contributed by atoms with van der Waals surface area (Å²) in [5.74, 6) is 0. The fraction of sp³-hybridized carbons (Fsp3) is 0.155. The average molecular weight is 929 g/mol. The van der Waals surface area contributed by atoms with E-state index >= 15 is 0 Å². The topological polar surface area (TPSA) is 0 Å². The summed E-state index contributed by atoms with van der Waals surface area (Å²) in [6, 6.07) is 84.3. The van der Waals surface area contributed by atoms with Crippen LogP contribution in [0.3, 0.4) is 0 Å². The Kier molecular flexibility index (Phi) is 18.9. The fourth-order valence-corrected chi connectivity index (χ4v) is 9.79. The molecule has 0 nitrogen and oxygen atoms in total. The lowest BCUT2D eigenvalue weighted by Crippen LogP contribution is -1.88. The Bertz CT molecular complexity index is 3030. The van der Waals surface area contributed by atoms with Crippen molar-refractivity contribution in [3.05, 3.63) is 253 Å². The molecule has 0 radical (unpaired) electrons. The molecule has 12 rings (SSSR count). The highest BCUT2D eigenvalue weighted by molar-refractivity contribution is 6.17. The minimum atomic E-state index is 1.25. The van der Waals surface area contributed by atoms with Crippen LogP contribution in [0.4, 0.5) is 0 Å². The van der Waals surface area contributed by atoms with Crippen LogP contribution in [-0.2, 0) is 0 Å². The Morgan fingerprint density at radius 1 is 0.197 bits per heavy atom. The highest BCUT2D eigenvalue weighted by Crippen LogP contribution is 2.41. The van der Waals surface area contributed by atoms with Crippen LogP contribution in [-0.4, -0.2) is 0 Å². The van der Waals surface area contributed by atoms with Crippen LogP contribution in [0.25, 0.3) is 98.0 Å². The lowest BCUT2D eigenvalue weighted by Gasteiger charge is -2.15. The van der Waals surface area contributed by atoms with Crippen LogP contribution >= 0.6 is 0 Å². The maximum Gasteiger partial charge on any atom is 0.0194 e. The second-order valence-electron chi connectivity index (χ2n) is 16.4. The van der Waals surface area contributed by atoms with E-state index in [1.807, 2.05) is 41.5 Å². The first-order valence-electron chi connectivity index (χ1n) is 26.9. The van der Waals surface area contributed by atoms with Gasteiger partial charge in [0.1, 0.15) is 0 Å². The number of rotatable bonds is 3. The van der Waals surface area contributed by atoms with Crippen LogP contribution in [0.15, 0.2) is 237 Å². The monoisotopic (exact) mass is 929 g/mol. The van der Waals surface area contributed by atoms with Gasteiger partial charge in [-0.25, -0.2) is 0 Å². The molecule has 0 fully saturated rings. The molecule has 0 spiro atoms. The second-order valence-corrected chi connectivity index (χ2v) is 16.4. The summed E-state index contributed by atoms with van der Waals surface area (Å²) in [6.45, 7) is 18.7. The molecule has 0 bridgehead atoms. The third-order valence-corrected chi connectivity index (χ3v) is 12.8. The predicted molar refractivity (Wildman–Crippen MR) is 322 cm³/mol. The normalized spacial score (nSPS) is 10.3. The largest absolute Gasteiger partial charge is 0.0776 e. The molecule has 0 atom stereocenters. The van der Waals surface area contributed by atoms with E-state index in [0.717, 1.165) is 0 Å². The van der Waals surface area contributed by atoms with Gasteiger partial charge in [-0.05, 0) is 135 Å². The lowest BCUT2D eigenvalue weighted by molar-refractivity contribution is 1.50. The van der Waals surface area contributed by atoms with Gasteiger partial charge in [-0.2, -0.15) is 0 Å². The Morgan fingerprint density at radius 2 is 0.324 bits per heavy atom. The molecule has 358 valence electrons. The van der Waals surface area contributed by atoms with E-state index in [4.69, 9.17) is 2.74 Å². The first-order chi connectivity index (χ1) is 36.1. The van der Waals surface area contributed by atoms with Gasteiger partial charge >= 0.3 is 0 Å². The quantitative estimate of drug-likeness (QED) is 0.155. The Hall–Kier alpha value is -7.80. The highest BCUT2D eigenvalue weighted by Gasteiger charge is 2.15. The van der Waals surface area contributed by atoms with Gasteiger partial charge in [0.05, 0.1) is 0 Å². The van der Waals surface area contributed by atoms with Gasteiger partial charge in [-0.1, -0.05) is 293 Å². The summed E-state index contributed by atoms with van der Waals surface area (Å²) in [5, 5.41) is 16.1. The molecule has 0 unspecified atom stereocenters. The van der Waals surface area contributed by atoms with Gasteiger partial charge in [-0.15, -0.1) is 0 Å². The zero-order valence-electron chi connectivity index (χ0n) is 46.0. The molecule has 0 saturated carbocycles. The van der Waals surface area contributed by atoms with Crippen molar-refractivity contribution in [2.75, 3.05) is 0 Å². The molecule has 0 aliphatic carbocycles. The van der Waals surface area contributed by atoms with Crippen LogP contribution in [0, 0.1) is 20.8 Å². The molecule has 0 aliphatic rings. The lowest BCUT2D eigenvalue weighted by atomic mass is 9.89. The maximum absolute atomic E-state index is 5.75. The van der Waals surface area contributed by atoms with Crippen LogP contribution < -0.4 is 0 Å². The summed E-state index contributed by atoms with van der Waals surface area (Å²) in [6.07, 6.45) is 0. The van der Waals surface area contributed by atoms with Crippen molar-refractivity contribution in [2.45, 2.75) is 77.1 Å². The van der Waals surface area contributed by atoms with Crippen molar-refractivity contribution in [1.29, 1.82) is 0 Å². The van der Waals surface area contributed by atoms with E-state index in [9.17, 15) is 0 Å². The molecule has 12 aromatic carbocycles. The number of aryl methyl sites for hydroxylation is 3. The summed E-state index contributed by atoms with van der Waals surface area (Å²) in [4.78, 5) is 0. The van der Waals surface area contributed by atoms with Gasteiger partial charge < -0.3 is 0 Å². The zero-order chi connectivity index (χ0) is 52.7. The van der Waals surface area contributed by atoms with Crippen molar-refractivity contribution < 1.29 is 2.74 Å². The van der Waals surface area contributed by atoms with E-state index in [1.165, 1.54) is 130 Å². The molecule has 0 heteroatoms. The van der Waals surface area contributed by atoms with Crippen molar-refractivity contribution in [2.24, 2.45) is 0 Å². The number of fused-ring (bicyclic) bond motifs is 6. The molecule has 0 aromatic heterocycles. The Labute approximate surface area is 429 Å². The fourth-order valence-electron chi connectivity index (χ4n) is 9.79. The molecule has 71 heavy (non-hydrogen) atoms. The number of hydrogen-bond donors (Lipinski definition) is 0. The van der Waals surface area contributed by atoms with Gasteiger partial charge in [0.25, 0.3) is 0 Å². The van der Waals surface area contributed by atoms with Crippen molar-refractivity contribution >= 4 is 64.6 Å². The third kappa shape index (κ3) is 11.1. The minimum Gasteiger partial charge on any atom is -0.0776 e. The highest BCUT2D eigenvalue weighted by atomic mass is 14.2. The predicted octanol–water partition coefficient (Wildman–Crippen LogP) is 22.3. The Morgan fingerprint density at radius 3 is 0.479 bits per heavy atom. The number of hydrogen-bond acceptors (Lipinski definition) is 0. The van der Waals surface area contributed by atoms with Gasteiger partial charge in [-0.3, -0.25) is 0 Å². The van der Waals surface area contributed by atoms with Crippen molar-refractivity contribution in [3.63, 3.8) is 0 Å². The summed E-state index contributed by atoms with van der Waals surface area (Å²) in [5.41, 5.74) is 12.0. The molecule has 0 aliphatic heterocycles. The van der Waals surface area contributed by atoms with E-state index in [0.29, 0.717) is 0 Å². The first kappa shape index (κ1) is 51.1. The Balaban J connectivity index is 0.000000187. The van der Waals surface area contributed by atoms with E-state index in [-0.39, 0.29) is 0 Å². The smallest absolute Gasteiger partial charge is 0.0194 e.